The van der Waals surface area contributed by atoms with Gasteiger partial charge in [-0.1, -0.05) is 36.4 Å². The zero-order valence-electron chi connectivity index (χ0n) is 18.7. The third-order valence-corrected chi connectivity index (χ3v) is 6.92. The third-order valence-electron chi connectivity index (χ3n) is 6.92. The Labute approximate surface area is 186 Å². The van der Waals surface area contributed by atoms with Gasteiger partial charge in [0.1, 0.15) is 0 Å². The van der Waals surface area contributed by atoms with E-state index >= 15 is 0 Å². The van der Waals surface area contributed by atoms with Gasteiger partial charge in [0.05, 0.1) is 0 Å². The molecule has 2 bridgehead atoms. The van der Waals surface area contributed by atoms with E-state index in [0.29, 0.717) is 18.4 Å². The molecule has 0 radical (unpaired) electrons. The molecule has 1 amide bonds. The second kappa shape index (κ2) is 10.9. The Morgan fingerprint density at radius 1 is 1.16 bits per heavy atom. The summed E-state index contributed by atoms with van der Waals surface area (Å²) in [6.45, 7) is 5.22. The molecule has 2 saturated heterocycles. The average Bonchev–Trinajstić information content (AvgIpc) is 2.80. The van der Waals surface area contributed by atoms with Gasteiger partial charge in [0, 0.05) is 58.1 Å². The smallest absolute Gasteiger partial charge is 0.222 e. The van der Waals surface area contributed by atoms with E-state index in [2.05, 4.69) is 45.5 Å². The number of hydrogen-bond acceptors (Lipinski definition) is 4. The molecule has 2 unspecified atom stereocenters. The van der Waals surface area contributed by atoms with Crippen molar-refractivity contribution in [3.05, 3.63) is 66.0 Å². The van der Waals surface area contributed by atoms with Gasteiger partial charge in [-0.15, -0.1) is 0 Å². The number of likely N-dealkylation sites (N-methyl/N-ethyl adjacent to an activating group) is 1. The van der Waals surface area contributed by atoms with Gasteiger partial charge in [-0.2, -0.15) is 0 Å². The quantitative estimate of drug-likeness (QED) is 0.676. The van der Waals surface area contributed by atoms with Crippen LogP contribution in [0.5, 0.6) is 0 Å². The Balaban J connectivity index is 1.19. The Hall–Kier alpha value is -2.24. The number of hydrogen-bond donors (Lipinski definition) is 1. The van der Waals surface area contributed by atoms with Gasteiger partial charge >= 0.3 is 0 Å². The zero-order valence-corrected chi connectivity index (χ0v) is 18.7. The number of aromatic nitrogens is 1. The number of pyridine rings is 1. The number of piperidine rings is 2. The number of rotatable bonds is 9. The maximum atomic E-state index is 12.6. The van der Waals surface area contributed by atoms with Gasteiger partial charge < -0.3 is 10.2 Å². The van der Waals surface area contributed by atoms with Crippen LogP contribution >= 0.6 is 0 Å². The van der Waals surface area contributed by atoms with Crippen LogP contribution in [0.2, 0.25) is 0 Å². The van der Waals surface area contributed by atoms with Crippen LogP contribution in [0, 0.1) is 11.8 Å². The van der Waals surface area contributed by atoms with Crippen molar-refractivity contribution in [1.29, 1.82) is 0 Å². The molecule has 4 rings (SSSR count). The zero-order chi connectivity index (χ0) is 21.5. The van der Waals surface area contributed by atoms with Crippen LogP contribution in [0.3, 0.4) is 0 Å². The van der Waals surface area contributed by atoms with Crippen LogP contribution in [0.15, 0.2) is 54.9 Å². The highest BCUT2D eigenvalue weighted by molar-refractivity contribution is 5.75. The van der Waals surface area contributed by atoms with E-state index in [9.17, 15) is 4.79 Å². The molecule has 1 aromatic carbocycles. The number of fused-ring (bicyclic) bond motifs is 2. The maximum Gasteiger partial charge on any atom is 0.222 e. The summed E-state index contributed by atoms with van der Waals surface area (Å²) in [5, 5.41) is 3.79. The minimum Gasteiger partial charge on any atom is -0.345 e. The molecule has 3 atom stereocenters. The molecular formula is C26H36N4O. The van der Waals surface area contributed by atoms with Crippen molar-refractivity contribution < 1.29 is 4.79 Å². The van der Waals surface area contributed by atoms with Crippen molar-refractivity contribution in [2.75, 3.05) is 33.2 Å². The lowest BCUT2D eigenvalue weighted by Gasteiger charge is -2.46. The van der Waals surface area contributed by atoms with Crippen molar-refractivity contribution in [1.82, 2.24) is 20.1 Å². The maximum absolute atomic E-state index is 12.6. The minimum atomic E-state index is 0.270. The predicted octanol–water partition coefficient (Wildman–Crippen LogP) is 3.36. The van der Waals surface area contributed by atoms with Crippen molar-refractivity contribution in [3.63, 3.8) is 0 Å². The van der Waals surface area contributed by atoms with Crippen LogP contribution in [0.1, 0.15) is 36.8 Å². The fourth-order valence-corrected chi connectivity index (χ4v) is 5.22. The lowest BCUT2D eigenvalue weighted by atomic mass is 9.79. The first kappa shape index (κ1) is 22.0. The Bertz CT molecular complexity index is 813. The van der Waals surface area contributed by atoms with Gasteiger partial charge in [0.15, 0.2) is 0 Å². The molecule has 2 aromatic rings. The number of carbonyl (C=O) groups excluding carboxylic acids is 1. The van der Waals surface area contributed by atoms with Gasteiger partial charge in [-0.3, -0.25) is 14.7 Å². The molecule has 0 spiro atoms. The number of nitrogens with zero attached hydrogens (tertiary/aromatic N) is 3. The molecule has 5 nitrogen and oxygen atoms in total. The summed E-state index contributed by atoms with van der Waals surface area (Å²) in [5.74, 6) is 1.71. The molecule has 166 valence electrons. The van der Waals surface area contributed by atoms with E-state index < -0.39 is 0 Å². The molecule has 0 saturated carbocycles. The summed E-state index contributed by atoms with van der Waals surface area (Å²) in [6, 6.07) is 15.1. The first-order chi connectivity index (χ1) is 15.2. The molecule has 3 heterocycles. The molecule has 31 heavy (non-hydrogen) atoms. The third kappa shape index (κ3) is 6.37. The Kier molecular flexibility index (Phi) is 7.71. The monoisotopic (exact) mass is 420 g/mol. The van der Waals surface area contributed by atoms with Crippen LogP contribution in [-0.4, -0.2) is 60.0 Å². The van der Waals surface area contributed by atoms with Gasteiger partial charge in [-0.05, 0) is 61.3 Å². The van der Waals surface area contributed by atoms with E-state index in [-0.39, 0.29) is 5.91 Å². The number of amides is 1. The Morgan fingerprint density at radius 2 is 2.00 bits per heavy atom. The van der Waals surface area contributed by atoms with Crippen LogP contribution in [0.4, 0.5) is 0 Å². The predicted molar refractivity (Wildman–Crippen MR) is 125 cm³/mol. The molecule has 0 aliphatic carbocycles. The number of nitrogens with one attached hydrogen (secondary N) is 1. The fraction of sp³-hybridized carbons (Fsp3) is 0.538. The van der Waals surface area contributed by atoms with E-state index in [1.807, 2.05) is 36.5 Å². The molecule has 1 N–H and O–H groups in total. The standard InChI is InChI=1S/C26H36N4O/c1-29(14-12-21-7-3-2-4-8-21)26(31)11-5-10-25-24-15-23(17-28-25)19-30(20-24)18-22-9-6-13-27-16-22/h2-4,6-9,13,16,23-25,28H,5,10-12,14-15,17-20H2,1H3/t23?,24?,25-/m1/s1. The highest BCUT2D eigenvalue weighted by atomic mass is 16.2. The fourth-order valence-electron chi connectivity index (χ4n) is 5.22. The number of benzene rings is 1. The largest absolute Gasteiger partial charge is 0.345 e. The molecule has 2 fully saturated rings. The van der Waals surface area contributed by atoms with Crippen molar-refractivity contribution in [3.8, 4) is 0 Å². The van der Waals surface area contributed by atoms with E-state index in [1.54, 1.807) is 0 Å². The molecule has 1 aromatic heterocycles. The topological polar surface area (TPSA) is 48.5 Å². The van der Waals surface area contributed by atoms with E-state index in [1.165, 1.54) is 24.1 Å². The minimum absolute atomic E-state index is 0.270. The summed E-state index contributed by atoms with van der Waals surface area (Å²) in [5.41, 5.74) is 2.59. The van der Waals surface area contributed by atoms with Gasteiger partial charge in [0.25, 0.3) is 0 Å². The molecule has 2 aliphatic rings. The van der Waals surface area contributed by atoms with Gasteiger partial charge in [-0.25, -0.2) is 0 Å². The second-order valence-corrected chi connectivity index (χ2v) is 9.38. The normalized spacial score (nSPS) is 23.5. The number of likely N-dealkylation sites (tertiary alicyclic amines) is 1. The van der Waals surface area contributed by atoms with Crippen LogP contribution in [0.25, 0.3) is 0 Å². The van der Waals surface area contributed by atoms with Crippen molar-refractivity contribution in [2.45, 2.75) is 44.7 Å². The first-order valence-corrected chi connectivity index (χ1v) is 11.8. The summed E-state index contributed by atoms with van der Waals surface area (Å²) in [6.07, 6.45) is 8.79. The SMILES string of the molecule is CN(CCc1ccccc1)C(=O)CCC[C@H]1NCC2CC1CN(Cc1cccnc1)C2. The number of carbonyl (C=O) groups is 1. The summed E-state index contributed by atoms with van der Waals surface area (Å²) < 4.78 is 0. The summed E-state index contributed by atoms with van der Waals surface area (Å²) >= 11 is 0. The van der Waals surface area contributed by atoms with Crippen molar-refractivity contribution in [2.24, 2.45) is 11.8 Å². The van der Waals surface area contributed by atoms with Crippen LogP contribution in [-0.2, 0) is 17.8 Å². The van der Waals surface area contributed by atoms with Crippen LogP contribution < -0.4 is 5.32 Å². The van der Waals surface area contributed by atoms with E-state index in [0.717, 1.165) is 51.4 Å². The lowest BCUT2D eigenvalue weighted by molar-refractivity contribution is -0.130. The van der Waals surface area contributed by atoms with Crippen molar-refractivity contribution >= 4 is 5.91 Å². The van der Waals surface area contributed by atoms with E-state index in [4.69, 9.17) is 0 Å². The lowest BCUT2D eigenvalue weighted by Crippen LogP contribution is -2.55. The first-order valence-electron chi connectivity index (χ1n) is 11.8. The van der Waals surface area contributed by atoms with Gasteiger partial charge in [0.2, 0.25) is 5.91 Å². The molecular weight excluding hydrogens is 384 g/mol. The Morgan fingerprint density at radius 3 is 2.81 bits per heavy atom. The summed E-state index contributed by atoms with van der Waals surface area (Å²) in [4.78, 5) is 21.3. The highest BCUT2D eigenvalue weighted by Crippen LogP contribution is 2.31. The molecule has 5 heteroatoms. The summed E-state index contributed by atoms with van der Waals surface area (Å²) in [7, 11) is 1.94. The highest BCUT2D eigenvalue weighted by Gasteiger charge is 2.36. The molecule has 2 aliphatic heterocycles. The average molecular weight is 421 g/mol. The second-order valence-electron chi connectivity index (χ2n) is 9.38.